The fourth-order valence-corrected chi connectivity index (χ4v) is 5.52. The number of amides is 2. The summed E-state index contributed by atoms with van der Waals surface area (Å²) in [5.74, 6) is -3.13. The normalized spacial score (nSPS) is 24.3. The first-order valence-electron chi connectivity index (χ1n) is 13.5. The monoisotopic (exact) mass is 607 g/mol. The molecular formula is C29H33F4N5O5. The number of carboxylic acid groups (broad SMARTS) is 1. The zero-order valence-corrected chi connectivity index (χ0v) is 24.0. The van der Waals surface area contributed by atoms with Crippen LogP contribution in [0.1, 0.15) is 70.2 Å². The summed E-state index contributed by atoms with van der Waals surface area (Å²) in [6, 6.07) is 7.26. The topological polar surface area (TPSA) is 147 Å². The van der Waals surface area contributed by atoms with Crippen molar-refractivity contribution in [3.05, 3.63) is 59.7 Å². The van der Waals surface area contributed by atoms with Crippen molar-refractivity contribution in [2.24, 2.45) is 22.6 Å². The number of alkyl halides is 3. The Balaban J connectivity index is 0.000000541. The third-order valence-electron chi connectivity index (χ3n) is 7.39. The number of benzene rings is 1. The molecule has 0 spiro atoms. The summed E-state index contributed by atoms with van der Waals surface area (Å²) in [6.07, 6.45) is -0.377. The van der Waals surface area contributed by atoms with E-state index in [1.807, 2.05) is 33.8 Å². The summed E-state index contributed by atoms with van der Waals surface area (Å²) in [7, 11) is 0. The SMILES string of the molecule is CC1(C)CC(=O)N([C@H](c2cccnc2)[C@@H]2C[C@H]2C(=O)NC2CC(C)(C)Oc3ccc(F)cc32)C(N)=N1.O=C(O)C(F)(F)F. The first-order valence-corrected chi connectivity index (χ1v) is 13.5. The Hall–Kier alpha value is -4.23. The predicted octanol–water partition coefficient (Wildman–Crippen LogP) is 4.28. The van der Waals surface area contributed by atoms with Crippen molar-refractivity contribution in [2.45, 2.75) is 76.4 Å². The van der Waals surface area contributed by atoms with Crippen molar-refractivity contribution >= 4 is 23.7 Å². The highest BCUT2D eigenvalue weighted by atomic mass is 19.4. The van der Waals surface area contributed by atoms with Gasteiger partial charge in [0, 0.05) is 30.3 Å². The standard InChI is InChI=1S/C27H32FN5O3.C2HF3O2/c1-26(2)13-22(34)33(25(29)32-26)23(15-6-5-9-30-14-15)17-11-18(17)24(35)31-20-12-27(3,4)36-21-8-7-16(28)10-19(20)21;3-2(4,5)1(6)7/h5-10,14,17-18,20,23H,11-13H2,1-4H3,(H2,29,32)(H,31,35);(H,6,7)/t17-,18-,20?,23-;/m1./s1. The first-order chi connectivity index (χ1) is 19.9. The van der Waals surface area contributed by atoms with E-state index >= 15 is 0 Å². The van der Waals surface area contributed by atoms with E-state index in [0.29, 0.717) is 24.2 Å². The van der Waals surface area contributed by atoms with E-state index in [9.17, 15) is 27.2 Å². The van der Waals surface area contributed by atoms with Crippen LogP contribution in [0.3, 0.4) is 0 Å². The highest BCUT2D eigenvalue weighted by Crippen LogP contribution is 2.51. The van der Waals surface area contributed by atoms with Crippen molar-refractivity contribution in [3.8, 4) is 5.75 Å². The van der Waals surface area contributed by atoms with Gasteiger partial charge in [0.25, 0.3) is 0 Å². The number of aliphatic carboxylic acids is 1. The molecule has 2 aliphatic heterocycles. The number of nitrogens with two attached hydrogens (primary N) is 1. The van der Waals surface area contributed by atoms with Crippen molar-refractivity contribution in [2.75, 3.05) is 0 Å². The number of carboxylic acids is 1. The number of aromatic nitrogens is 1. The summed E-state index contributed by atoms with van der Waals surface area (Å²) in [4.78, 5) is 45.8. The quantitative estimate of drug-likeness (QED) is 0.430. The fourth-order valence-electron chi connectivity index (χ4n) is 5.52. The summed E-state index contributed by atoms with van der Waals surface area (Å²) in [6.45, 7) is 7.64. The second-order valence-corrected chi connectivity index (χ2v) is 12.1. The van der Waals surface area contributed by atoms with E-state index < -0.39 is 29.3 Å². The summed E-state index contributed by atoms with van der Waals surface area (Å²) < 4.78 is 51.8. The molecule has 5 rings (SSSR count). The van der Waals surface area contributed by atoms with Gasteiger partial charge in [-0.2, -0.15) is 13.2 Å². The van der Waals surface area contributed by atoms with Gasteiger partial charge in [0.05, 0.1) is 24.0 Å². The molecule has 1 fully saturated rings. The lowest BCUT2D eigenvalue weighted by Crippen LogP contribution is -2.52. The number of hydrogen-bond donors (Lipinski definition) is 3. The highest BCUT2D eigenvalue weighted by Gasteiger charge is 2.53. The maximum Gasteiger partial charge on any atom is 0.490 e. The molecule has 1 saturated carbocycles. The molecule has 3 heterocycles. The van der Waals surface area contributed by atoms with E-state index in [4.69, 9.17) is 20.4 Å². The van der Waals surface area contributed by atoms with Gasteiger partial charge in [0.1, 0.15) is 17.2 Å². The summed E-state index contributed by atoms with van der Waals surface area (Å²) in [5.41, 5.74) is 6.66. The van der Waals surface area contributed by atoms with Gasteiger partial charge in [0.15, 0.2) is 5.96 Å². The second kappa shape index (κ2) is 11.5. The molecule has 3 aliphatic rings. The van der Waals surface area contributed by atoms with Gasteiger partial charge in [-0.25, -0.2) is 14.2 Å². The van der Waals surface area contributed by atoms with Crippen LogP contribution in [-0.4, -0.2) is 56.0 Å². The molecule has 232 valence electrons. The van der Waals surface area contributed by atoms with Crippen LogP contribution >= 0.6 is 0 Å². The molecular weight excluding hydrogens is 574 g/mol. The molecule has 43 heavy (non-hydrogen) atoms. The molecule has 2 aromatic rings. The van der Waals surface area contributed by atoms with Crippen LogP contribution in [0.15, 0.2) is 47.7 Å². The third kappa shape index (κ3) is 7.41. The van der Waals surface area contributed by atoms with E-state index in [0.717, 1.165) is 5.56 Å². The van der Waals surface area contributed by atoms with Crippen LogP contribution in [0.4, 0.5) is 17.6 Å². The van der Waals surface area contributed by atoms with E-state index in [2.05, 4.69) is 15.3 Å². The number of aliphatic imine (C=N–C) groups is 1. The van der Waals surface area contributed by atoms with Crippen molar-refractivity contribution in [1.29, 1.82) is 0 Å². The Morgan fingerprint density at radius 3 is 2.47 bits per heavy atom. The largest absolute Gasteiger partial charge is 0.490 e. The Kier molecular flexibility index (Phi) is 8.44. The number of ether oxygens (including phenoxy) is 1. The fraction of sp³-hybridized carbons (Fsp3) is 0.483. The molecule has 1 aromatic carbocycles. The maximum absolute atomic E-state index is 14.0. The lowest BCUT2D eigenvalue weighted by molar-refractivity contribution is -0.192. The van der Waals surface area contributed by atoms with Gasteiger partial charge in [-0.15, -0.1) is 0 Å². The Morgan fingerprint density at radius 1 is 1.21 bits per heavy atom. The number of nitrogens with one attached hydrogen (secondary N) is 1. The van der Waals surface area contributed by atoms with Crippen molar-refractivity contribution in [1.82, 2.24) is 15.2 Å². The lowest BCUT2D eigenvalue weighted by atomic mass is 9.89. The average molecular weight is 608 g/mol. The van der Waals surface area contributed by atoms with Gasteiger partial charge >= 0.3 is 12.1 Å². The van der Waals surface area contributed by atoms with Gasteiger partial charge < -0.3 is 20.9 Å². The van der Waals surface area contributed by atoms with Gasteiger partial charge in [-0.05, 0) is 69.9 Å². The van der Waals surface area contributed by atoms with Crippen LogP contribution in [-0.2, 0) is 14.4 Å². The van der Waals surface area contributed by atoms with Gasteiger partial charge in [0.2, 0.25) is 11.8 Å². The molecule has 2 amide bonds. The van der Waals surface area contributed by atoms with E-state index in [-0.39, 0.29) is 47.9 Å². The molecule has 1 aliphatic carbocycles. The number of guanidine groups is 1. The second-order valence-electron chi connectivity index (χ2n) is 12.1. The Bertz CT molecular complexity index is 1430. The van der Waals surface area contributed by atoms with E-state index in [1.165, 1.54) is 17.0 Å². The number of fused-ring (bicyclic) bond motifs is 1. The lowest BCUT2D eigenvalue weighted by Gasteiger charge is -2.38. The van der Waals surface area contributed by atoms with Crippen LogP contribution in [0.5, 0.6) is 5.75 Å². The van der Waals surface area contributed by atoms with Crippen LogP contribution in [0.25, 0.3) is 0 Å². The van der Waals surface area contributed by atoms with Crippen LogP contribution < -0.4 is 15.8 Å². The molecule has 0 radical (unpaired) electrons. The Morgan fingerprint density at radius 2 is 1.88 bits per heavy atom. The zero-order valence-electron chi connectivity index (χ0n) is 24.0. The molecule has 10 nitrogen and oxygen atoms in total. The van der Waals surface area contributed by atoms with Crippen molar-refractivity contribution < 1.29 is 41.8 Å². The van der Waals surface area contributed by atoms with Crippen LogP contribution in [0, 0.1) is 17.7 Å². The summed E-state index contributed by atoms with van der Waals surface area (Å²) in [5, 5.41) is 10.3. The zero-order chi connectivity index (χ0) is 31.9. The first kappa shape index (κ1) is 31.7. The molecule has 4 N–H and O–H groups in total. The number of carbonyl (C=O) groups excluding carboxylic acids is 2. The van der Waals surface area contributed by atoms with E-state index in [1.54, 1.807) is 24.5 Å². The predicted molar refractivity (Wildman–Crippen MR) is 146 cm³/mol. The molecule has 4 atom stereocenters. The smallest absolute Gasteiger partial charge is 0.487 e. The maximum atomic E-state index is 14.0. The minimum absolute atomic E-state index is 0.122. The highest BCUT2D eigenvalue weighted by molar-refractivity contribution is 5.99. The van der Waals surface area contributed by atoms with Crippen molar-refractivity contribution in [3.63, 3.8) is 0 Å². The van der Waals surface area contributed by atoms with Gasteiger partial charge in [-0.1, -0.05) is 6.07 Å². The minimum Gasteiger partial charge on any atom is -0.487 e. The molecule has 14 heteroatoms. The number of hydrogen-bond acceptors (Lipinski definition) is 7. The van der Waals surface area contributed by atoms with Gasteiger partial charge in [-0.3, -0.25) is 19.5 Å². The third-order valence-corrected chi connectivity index (χ3v) is 7.39. The number of pyridine rings is 1. The Labute approximate surface area is 245 Å². The molecule has 0 saturated heterocycles. The number of carbonyl (C=O) groups is 3. The number of rotatable bonds is 5. The number of halogens is 4. The number of nitrogens with zero attached hydrogens (tertiary/aromatic N) is 3. The van der Waals surface area contributed by atoms with Crippen LogP contribution in [0.2, 0.25) is 0 Å². The molecule has 1 aromatic heterocycles. The molecule has 0 bridgehead atoms. The average Bonchev–Trinajstić information content (AvgIpc) is 3.66. The molecule has 1 unspecified atom stereocenters. The minimum atomic E-state index is -5.08. The summed E-state index contributed by atoms with van der Waals surface area (Å²) >= 11 is 0.